The first-order chi connectivity index (χ1) is 7.77. The minimum absolute atomic E-state index is 0.0521. The van der Waals surface area contributed by atoms with E-state index in [1.165, 1.54) is 6.20 Å². The first kappa shape index (κ1) is 10.5. The number of ether oxygens (including phenoxy) is 1. The molecule has 2 aromatic rings. The van der Waals surface area contributed by atoms with Crippen LogP contribution < -0.4 is 4.74 Å². The second-order valence-electron chi connectivity index (χ2n) is 3.10. The van der Waals surface area contributed by atoms with Gasteiger partial charge in [-0.3, -0.25) is 0 Å². The van der Waals surface area contributed by atoms with Crippen LogP contribution in [0.4, 0.5) is 8.78 Å². The number of hydrogen-bond acceptors (Lipinski definition) is 2. The molecule has 0 spiro atoms. The molecule has 4 heteroatoms. The van der Waals surface area contributed by atoms with E-state index in [4.69, 9.17) is 0 Å². The van der Waals surface area contributed by atoms with Crippen molar-refractivity contribution in [3.05, 3.63) is 48.7 Å². The summed E-state index contributed by atoms with van der Waals surface area (Å²) in [6, 6.07) is 12.5. The number of halogens is 2. The Bertz CT molecular complexity index is 460. The van der Waals surface area contributed by atoms with Crippen molar-refractivity contribution in [2.24, 2.45) is 0 Å². The molecule has 0 unspecified atom stereocenters. The molecule has 0 aliphatic rings. The molecule has 0 aliphatic carbocycles. The first-order valence-electron chi connectivity index (χ1n) is 4.72. The third-order valence-corrected chi connectivity index (χ3v) is 2.06. The smallest absolute Gasteiger partial charge is 0.388 e. The van der Waals surface area contributed by atoms with Gasteiger partial charge in [-0.2, -0.15) is 8.78 Å². The van der Waals surface area contributed by atoms with Crippen molar-refractivity contribution in [2.75, 3.05) is 0 Å². The predicted octanol–water partition coefficient (Wildman–Crippen LogP) is 3.35. The fourth-order valence-electron chi connectivity index (χ4n) is 1.41. The summed E-state index contributed by atoms with van der Waals surface area (Å²) in [6.07, 6.45) is 1.42. The Kier molecular flexibility index (Phi) is 3.10. The molecule has 82 valence electrons. The van der Waals surface area contributed by atoms with Gasteiger partial charge in [0, 0.05) is 11.8 Å². The second-order valence-corrected chi connectivity index (χ2v) is 3.10. The van der Waals surface area contributed by atoms with Crippen LogP contribution in [0.15, 0.2) is 48.7 Å². The number of pyridine rings is 1. The van der Waals surface area contributed by atoms with Crippen LogP contribution in [-0.2, 0) is 0 Å². The molecule has 0 atom stereocenters. The van der Waals surface area contributed by atoms with Crippen molar-refractivity contribution in [3.63, 3.8) is 0 Å². The molecular weight excluding hydrogens is 212 g/mol. The average Bonchev–Trinajstić information content (AvgIpc) is 2.30. The Hall–Kier alpha value is -1.97. The summed E-state index contributed by atoms with van der Waals surface area (Å²) in [7, 11) is 0. The van der Waals surface area contributed by atoms with Gasteiger partial charge in [-0.05, 0) is 17.7 Å². The largest absolute Gasteiger partial charge is 0.416 e. The lowest BCUT2D eigenvalue weighted by Crippen LogP contribution is -2.04. The number of benzene rings is 1. The highest BCUT2D eigenvalue weighted by atomic mass is 19.3. The Morgan fingerprint density at radius 3 is 2.44 bits per heavy atom. The van der Waals surface area contributed by atoms with Crippen molar-refractivity contribution in [1.82, 2.24) is 4.98 Å². The van der Waals surface area contributed by atoms with Crippen molar-refractivity contribution in [3.8, 4) is 17.0 Å². The normalized spacial score (nSPS) is 10.4. The van der Waals surface area contributed by atoms with Gasteiger partial charge < -0.3 is 4.74 Å². The van der Waals surface area contributed by atoms with Gasteiger partial charge in [0.1, 0.15) is 0 Å². The summed E-state index contributed by atoms with van der Waals surface area (Å²) in [5.41, 5.74) is 1.36. The van der Waals surface area contributed by atoms with Crippen molar-refractivity contribution in [1.29, 1.82) is 0 Å². The summed E-state index contributed by atoms with van der Waals surface area (Å²) in [5, 5.41) is 0. The van der Waals surface area contributed by atoms with Gasteiger partial charge in [0.25, 0.3) is 0 Å². The lowest BCUT2D eigenvalue weighted by molar-refractivity contribution is -0.0524. The van der Waals surface area contributed by atoms with Gasteiger partial charge in [-0.15, -0.1) is 0 Å². The summed E-state index contributed by atoms with van der Waals surface area (Å²) < 4.78 is 28.7. The number of nitrogens with zero attached hydrogens (tertiary/aromatic N) is 1. The maximum atomic E-state index is 12.2. The van der Waals surface area contributed by atoms with Crippen molar-refractivity contribution >= 4 is 0 Å². The number of hydrogen-bond donors (Lipinski definition) is 0. The van der Waals surface area contributed by atoms with Crippen molar-refractivity contribution in [2.45, 2.75) is 6.61 Å². The monoisotopic (exact) mass is 221 g/mol. The van der Waals surface area contributed by atoms with E-state index < -0.39 is 6.61 Å². The number of rotatable bonds is 3. The summed E-state index contributed by atoms with van der Waals surface area (Å²) in [6.45, 7) is -2.86. The molecule has 0 radical (unpaired) electrons. The maximum absolute atomic E-state index is 12.2. The number of aromatic nitrogens is 1. The Balaban J connectivity index is 2.41. The molecule has 1 heterocycles. The van der Waals surface area contributed by atoms with E-state index in [9.17, 15) is 8.78 Å². The van der Waals surface area contributed by atoms with Gasteiger partial charge in [-0.1, -0.05) is 30.3 Å². The van der Waals surface area contributed by atoms with E-state index in [0.29, 0.717) is 5.56 Å². The zero-order valence-corrected chi connectivity index (χ0v) is 8.31. The van der Waals surface area contributed by atoms with Crippen LogP contribution in [0.3, 0.4) is 0 Å². The fourth-order valence-corrected chi connectivity index (χ4v) is 1.41. The molecule has 0 bridgehead atoms. The molecule has 0 saturated heterocycles. The minimum atomic E-state index is -2.86. The lowest BCUT2D eigenvalue weighted by Gasteiger charge is -2.08. The number of alkyl halides is 2. The van der Waals surface area contributed by atoms with Crippen LogP contribution in [0.5, 0.6) is 5.88 Å². The molecule has 0 fully saturated rings. The van der Waals surface area contributed by atoms with E-state index in [1.54, 1.807) is 12.1 Å². The second kappa shape index (κ2) is 4.70. The van der Waals surface area contributed by atoms with Gasteiger partial charge in [0.2, 0.25) is 5.88 Å². The highest BCUT2D eigenvalue weighted by molar-refractivity contribution is 5.68. The molecule has 0 saturated carbocycles. The molecule has 2 rings (SSSR count). The van der Waals surface area contributed by atoms with Gasteiger partial charge in [-0.25, -0.2) is 4.98 Å². The molecule has 16 heavy (non-hydrogen) atoms. The first-order valence-corrected chi connectivity index (χ1v) is 4.72. The fraction of sp³-hybridized carbons (Fsp3) is 0.0833. The molecule has 0 aliphatic heterocycles. The predicted molar refractivity (Wildman–Crippen MR) is 56.3 cm³/mol. The van der Waals surface area contributed by atoms with Gasteiger partial charge >= 0.3 is 6.61 Å². The molecule has 0 amide bonds. The van der Waals surface area contributed by atoms with Gasteiger partial charge in [0.05, 0.1) is 0 Å². The zero-order valence-electron chi connectivity index (χ0n) is 8.31. The van der Waals surface area contributed by atoms with Crippen LogP contribution in [0.2, 0.25) is 0 Å². The van der Waals surface area contributed by atoms with Gasteiger partial charge in [0.15, 0.2) is 0 Å². The Morgan fingerprint density at radius 1 is 1.00 bits per heavy atom. The minimum Gasteiger partial charge on any atom is -0.416 e. The average molecular weight is 221 g/mol. The van der Waals surface area contributed by atoms with Crippen LogP contribution in [-0.4, -0.2) is 11.6 Å². The third kappa shape index (κ3) is 2.34. The van der Waals surface area contributed by atoms with Crippen LogP contribution in [0.1, 0.15) is 0 Å². The lowest BCUT2D eigenvalue weighted by atomic mass is 10.1. The molecule has 2 nitrogen and oxygen atoms in total. The van der Waals surface area contributed by atoms with E-state index in [1.807, 2.05) is 30.3 Å². The van der Waals surface area contributed by atoms with E-state index >= 15 is 0 Å². The van der Waals surface area contributed by atoms with Crippen molar-refractivity contribution < 1.29 is 13.5 Å². The molecule has 1 aromatic heterocycles. The molecule has 0 N–H and O–H groups in total. The topological polar surface area (TPSA) is 22.1 Å². The quantitative estimate of drug-likeness (QED) is 0.792. The van der Waals surface area contributed by atoms with E-state index in [0.717, 1.165) is 5.56 Å². The summed E-state index contributed by atoms with van der Waals surface area (Å²) in [4.78, 5) is 3.79. The Morgan fingerprint density at radius 2 is 1.75 bits per heavy atom. The summed E-state index contributed by atoms with van der Waals surface area (Å²) >= 11 is 0. The van der Waals surface area contributed by atoms with E-state index in [-0.39, 0.29) is 5.88 Å². The van der Waals surface area contributed by atoms with E-state index in [2.05, 4.69) is 9.72 Å². The SMILES string of the molecule is FC(F)Oc1ncccc1-c1ccccc1. The standard InChI is InChI=1S/C12H9F2NO/c13-12(14)16-11-10(7-4-8-15-11)9-5-2-1-3-6-9/h1-8,12H. The zero-order chi connectivity index (χ0) is 11.4. The van der Waals surface area contributed by atoms with Crippen LogP contribution in [0.25, 0.3) is 11.1 Å². The Labute approximate surface area is 91.5 Å². The van der Waals surface area contributed by atoms with Crippen LogP contribution >= 0.6 is 0 Å². The highest BCUT2D eigenvalue weighted by Crippen LogP contribution is 2.28. The van der Waals surface area contributed by atoms with Crippen LogP contribution in [0, 0.1) is 0 Å². The third-order valence-electron chi connectivity index (χ3n) is 2.06. The maximum Gasteiger partial charge on any atom is 0.388 e. The molecule has 1 aromatic carbocycles. The summed E-state index contributed by atoms with van der Waals surface area (Å²) in [5.74, 6) is -0.0521. The highest BCUT2D eigenvalue weighted by Gasteiger charge is 2.11. The molecular formula is C12H9F2NO.